The quantitative estimate of drug-likeness (QED) is 0.597. The van der Waals surface area contributed by atoms with Gasteiger partial charge in [0.25, 0.3) is 0 Å². The Morgan fingerprint density at radius 3 is 1.14 bits per heavy atom. The molecule has 4 heteroatoms. The molecular formula is C3H10Cl3N. The predicted octanol–water partition coefficient (Wildman–Crippen LogP) is 2.48. The summed E-state index contributed by atoms with van der Waals surface area (Å²) in [6.07, 6.45) is 1.47. The summed E-state index contributed by atoms with van der Waals surface area (Å²) in [7, 11) is 0. The molecule has 0 heterocycles. The van der Waals surface area contributed by atoms with E-state index in [2.05, 4.69) is 11.6 Å². The molecule has 0 aliphatic heterocycles. The molecule has 0 unspecified atom stereocenters. The zero-order chi connectivity index (χ0) is 5.41. The molecule has 7 heavy (non-hydrogen) atoms. The minimum Gasteiger partial charge on any atom is -0.344 e. The Bertz CT molecular complexity index is 12.1. The third kappa shape index (κ3) is 47.6. The van der Waals surface area contributed by atoms with Gasteiger partial charge in [-0.1, -0.05) is 0 Å². The number of rotatable bonds is 1. The Labute approximate surface area is 59.5 Å². The van der Waals surface area contributed by atoms with Crippen LogP contribution in [0.4, 0.5) is 0 Å². The zero-order valence-corrected chi connectivity index (χ0v) is 6.52. The highest BCUT2D eigenvalue weighted by Gasteiger charge is 1.61. The molecule has 0 atom stereocenters. The summed E-state index contributed by atoms with van der Waals surface area (Å²) in [6.45, 7) is 0. The maximum absolute atomic E-state index is 5.05. The lowest BCUT2D eigenvalue weighted by Gasteiger charge is -1.63. The van der Waals surface area contributed by atoms with E-state index < -0.39 is 0 Å². The minimum absolute atomic E-state index is 0. The van der Waals surface area contributed by atoms with Crippen LogP contribution in [-0.4, -0.2) is 18.1 Å². The molecule has 0 aromatic carbocycles. The van der Waals surface area contributed by atoms with E-state index in [0.29, 0.717) is 11.8 Å². The van der Waals surface area contributed by atoms with Gasteiger partial charge in [-0.2, -0.15) is 0 Å². The monoisotopic (exact) mass is 165 g/mol. The molecule has 0 saturated carbocycles. The summed E-state index contributed by atoms with van der Waals surface area (Å²) in [6, 6.07) is 0. The summed E-state index contributed by atoms with van der Waals surface area (Å²) in [5, 5.41) is 0. The smallest absolute Gasteiger partial charge is 0.0359 e. The van der Waals surface area contributed by atoms with E-state index in [4.69, 9.17) is 23.2 Å². The van der Waals surface area contributed by atoms with Crippen molar-refractivity contribution >= 4 is 34.8 Å². The Morgan fingerprint density at radius 1 is 1.00 bits per heavy atom. The first-order valence-electron chi connectivity index (χ1n) is 1.41. The van der Waals surface area contributed by atoms with Gasteiger partial charge in [0.05, 0.1) is 0 Å². The van der Waals surface area contributed by atoms with Gasteiger partial charge in [-0.3, -0.25) is 0 Å². The predicted molar refractivity (Wildman–Crippen MR) is 38.2 cm³/mol. The summed E-state index contributed by atoms with van der Waals surface area (Å²) < 4.78 is 0. The number of halogens is 3. The van der Waals surface area contributed by atoms with Crippen LogP contribution in [0.3, 0.4) is 0 Å². The molecule has 0 aromatic heterocycles. The fourth-order valence-corrected chi connectivity index (χ4v) is 0. The normalized spacial score (nSPS) is 5.14. The first-order chi connectivity index (χ1) is 2.91. The Hall–Kier alpha value is 0.830. The summed E-state index contributed by atoms with van der Waals surface area (Å²) in [5.74, 6) is 1.11. The Kier molecular flexibility index (Phi) is 64.8. The molecule has 0 bridgehead atoms. The van der Waals surface area contributed by atoms with E-state index in [9.17, 15) is 0 Å². The van der Waals surface area contributed by atoms with Gasteiger partial charge in [0.15, 0.2) is 0 Å². The van der Waals surface area contributed by atoms with Gasteiger partial charge in [-0.05, 0) is 0 Å². The second-order valence-corrected chi connectivity index (χ2v) is 1.13. The van der Waals surface area contributed by atoms with E-state index in [1.807, 2.05) is 0 Å². The van der Waals surface area contributed by atoms with E-state index in [1.165, 1.54) is 6.38 Å². The third-order valence-corrected chi connectivity index (χ3v) is 0.643. The number of hydrogen-bond donors (Lipinski definition) is 1. The first kappa shape index (κ1) is 15.7. The molecule has 0 rings (SSSR count). The van der Waals surface area contributed by atoms with Crippen LogP contribution in [0, 0.1) is 0 Å². The fraction of sp³-hybridized carbons (Fsp3) is 1.00. The van der Waals surface area contributed by atoms with Crippen LogP contribution in [0.2, 0.25) is 0 Å². The molecule has 0 saturated heterocycles. The van der Waals surface area contributed by atoms with Crippen LogP contribution in [0.1, 0.15) is 0 Å². The van der Waals surface area contributed by atoms with Gasteiger partial charge < -0.3 is 6.15 Å². The lowest BCUT2D eigenvalue weighted by Crippen LogP contribution is -1.63. The largest absolute Gasteiger partial charge is 0.344 e. The number of alkyl halides is 3. The summed E-state index contributed by atoms with van der Waals surface area (Å²) >= 11 is 14.7. The summed E-state index contributed by atoms with van der Waals surface area (Å²) in [4.78, 5) is 0. The average Bonchev–Trinajstić information content (AvgIpc) is 1.72. The molecule has 1 nitrogen and oxygen atoms in total. The summed E-state index contributed by atoms with van der Waals surface area (Å²) in [5.41, 5.74) is 0. The van der Waals surface area contributed by atoms with Crippen LogP contribution >= 0.6 is 34.8 Å². The van der Waals surface area contributed by atoms with Crippen molar-refractivity contribution in [2.75, 3.05) is 18.1 Å². The van der Waals surface area contributed by atoms with Crippen LogP contribution in [0.25, 0.3) is 0 Å². The van der Waals surface area contributed by atoms with Gasteiger partial charge in [-0.15, -0.1) is 34.8 Å². The van der Waals surface area contributed by atoms with Crippen LogP contribution in [0.5, 0.6) is 0 Å². The molecule has 0 amide bonds. The molecule has 0 spiro atoms. The molecule has 0 fully saturated rings. The van der Waals surface area contributed by atoms with Crippen molar-refractivity contribution in [1.82, 2.24) is 6.15 Å². The average molecular weight is 166 g/mol. The first-order valence-corrected chi connectivity index (χ1v) is 3.24. The highest BCUT2D eigenvalue weighted by Crippen LogP contribution is 1.75. The highest BCUT2D eigenvalue weighted by atomic mass is 35.5. The van der Waals surface area contributed by atoms with Crippen molar-refractivity contribution in [2.24, 2.45) is 0 Å². The van der Waals surface area contributed by atoms with Gasteiger partial charge in [0.1, 0.15) is 0 Å². The molecule has 0 aliphatic rings. The van der Waals surface area contributed by atoms with E-state index in [-0.39, 0.29) is 6.15 Å². The fourth-order valence-electron chi connectivity index (χ4n) is 0. The lowest BCUT2D eigenvalue weighted by molar-refractivity contribution is 1.52. The topological polar surface area (TPSA) is 35.0 Å². The van der Waals surface area contributed by atoms with Gasteiger partial charge in [-0.25, -0.2) is 0 Å². The Balaban J connectivity index is -0.0000000480. The van der Waals surface area contributed by atoms with Crippen molar-refractivity contribution in [1.29, 1.82) is 0 Å². The van der Waals surface area contributed by atoms with Gasteiger partial charge in [0.2, 0.25) is 0 Å². The molecular weight excluding hydrogens is 156 g/mol. The van der Waals surface area contributed by atoms with Crippen molar-refractivity contribution < 1.29 is 0 Å². The van der Waals surface area contributed by atoms with Crippen LogP contribution in [0.15, 0.2) is 0 Å². The molecule has 48 valence electrons. The van der Waals surface area contributed by atoms with Crippen LogP contribution in [-0.2, 0) is 0 Å². The van der Waals surface area contributed by atoms with Crippen molar-refractivity contribution in [2.45, 2.75) is 0 Å². The van der Waals surface area contributed by atoms with Crippen molar-refractivity contribution in [3.63, 3.8) is 0 Å². The van der Waals surface area contributed by atoms with Gasteiger partial charge >= 0.3 is 0 Å². The van der Waals surface area contributed by atoms with E-state index >= 15 is 0 Å². The highest BCUT2D eigenvalue weighted by molar-refractivity contribution is 6.25. The minimum atomic E-state index is 0. The van der Waals surface area contributed by atoms with E-state index in [1.54, 1.807) is 0 Å². The molecule has 0 aliphatic carbocycles. The molecule has 0 aromatic rings. The second-order valence-electron chi connectivity index (χ2n) is 0.378. The maximum atomic E-state index is 5.05. The standard InChI is InChI=1S/C2H4Cl2.CH3Cl.H3N/c3-1-2-4;1-2;/h1-2H2;1H3;1H3. The van der Waals surface area contributed by atoms with E-state index in [0.717, 1.165) is 0 Å². The molecule has 3 N–H and O–H groups in total. The molecule has 0 radical (unpaired) electrons. The van der Waals surface area contributed by atoms with Crippen molar-refractivity contribution in [3.05, 3.63) is 0 Å². The zero-order valence-electron chi connectivity index (χ0n) is 4.26. The van der Waals surface area contributed by atoms with Gasteiger partial charge in [0, 0.05) is 18.1 Å². The van der Waals surface area contributed by atoms with Crippen molar-refractivity contribution in [3.8, 4) is 0 Å². The second kappa shape index (κ2) is 29.0. The SMILES string of the molecule is CCl.ClCCCl.N. The van der Waals surface area contributed by atoms with Crippen LogP contribution < -0.4 is 6.15 Å². The maximum Gasteiger partial charge on any atom is 0.0359 e. The third-order valence-electron chi connectivity index (χ3n) is 0.0714. The Morgan fingerprint density at radius 2 is 1.14 bits per heavy atom. The number of hydrogen-bond acceptors (Lipinski definition) is 1. The lowest BCUT2D eigenvalue weighted by atomic mass is 11.0.